The number of piperidine rings is 1. The highest BCUT2D eigenvalue weighted by atomic mass is 16.5. The van der Waals surface area contributed by atoms with Crippen molar-refractivity contribution in [2.24, 2.45) is 5.92 Å². The Morgan fingerprint density at radius 2 is 1.87 bits per heavy atom. The molecule has 1 aromatic carbocycles. The number of carbonyl (C=O) groups excluding carboxylic acids is 2. The van der Waals surface area contributed by atoms with Gasteiger partial charge in [-0.15, -0.1) is 0 Å². The lowest BCUT2D eigenvalue weighted by molar-refractivity contribution is -0.122. The lowest BCUT2D eigenvalue weighted by atomic mass is 9.76. The van der Waals surface area contributed by atoms with Gasteiger partial charge in [-0.05, 0) is 36.1 Å². The maximum absolute atomic E-state index is 12.8. The maximum atomic E-state index is 12.8. The first-order valence-corrected chi connectivity index (χ1v) is 11.2. The fourth-order valence-electron chi connectivity index (χ4n) is 4.64. The monoisotopic (exact) mass is 421 g/mol. The van der Waals surface area contributed by atoms with E-state index >= 15 is 0 Å². The first kappa shape index (κ1) is 21.3. The van der Waals surface area contributed by atoms with Crippen LogP contribution in [0.1, 0.15) is 61.4 Å². The second-order valence-corrected chi connectivity index (χ2v) is 9.15. The van der Waals surface area contributed by atoms with Crippen molar-refractivity contribution in [3.8, 4) is 5.75 Å². The minimum Gasteiger partial charge on any atom is -0.487 e. The average molecular weight is 422 g/mol. The van der Waals surface area contributed by atoms with E-state index in [-0.39, 0.29) is 23.3 Å². The van der Waals surface area contributed by atoms with Gasteiger partial charge < -0.3 is 15.0 Å². The van der Waals surface area contributed by atoms with Crippen molar-refractivity contribution in [1.82, 2.24) is 15.2 Å². The van der Waals surface area contributed by atoms with Crippen LogP contribution in [0.15, 0.2) is 48.8 Å². The topological polar surface area (TPSA) is 71.5 Å². The number of benzene rings is 1. The number of nitrogens with zero attached hydrogens (tertiary/aromatic N) is 2. The van der Waals surface area contributed by atoms with Gasteiger partial charge in [0.25, 0.3) is 5.91 Å². The second-order valence-electron chi connectivity index (χ2n) is 9.15. The molecule has 6 heteroatoms. The zero-order chi connectivity index (χ0) is 21.8. The molecular formula is C25H31N3O3. The molecule has 2 aliphatic rings. The fourth-order valence-corrected chi connectivity index (χ4v) is 4.64. The van der Waals surface area contributed by atoms with E-state index in [1.54, 1.807) is 24.5 Å². The summed E-state index contributed by atoms with van der Waals surface area (Å²) < 4.78 is 6.52. The number of hydrogen-bond acceptors (Lipinski definition) is 4. The van der Waals surface area contributed by atoms with Gasteiger partial charge in [0.1, 0.15) is 11.4 Å². The van der Waals surface area contributed by atoms with Crippen LogP contribution in [0.2, 0.25) is 0 Å². The molecule has 31 heavy (non-hydrogen) atoms. The van der Waals surface area contributed by atoms with Crippen LogP contribution >= 0.6 is 0 Å². The van der Waals surface area contributed by atoms with E-state index in [0.717, 1.165) is 30.6 Å². The molecule has 0 radical (unpaired) electrons. The van der Waals surface area contributed by atoms with Crippen LogP contribution in [0.5, 0.6) is 5.75 Å². The molecule has 2 aromatic rings. The maximum Gasteiger partial charge on any atom is 0.253 e. The third-order valence-electron chi connectivity index (χ3n) is 6.33. The molecule has 2 aliphatic heterocycles. The highest BCUT2D eigenvalue weighted by Crippen LogP contribution is 2.46. The van der Waals surface area contributed by atoms with Crippen molar-refractivity contribution >= 4 is 11.8 Å². The van der Waals surface area contributed by atoms with E-state index in [1.165, 1.54) is 0 Å². The third-order valence-corrected chi connectivity index (χ3v) is 6.33. The number of likely N-dealkylation sites (tertiary alicyclic amines) is 1. The number of hydrogen-bond donors (Lipinski definition) is 1. The Morgan fingerprint density at radius 1 is 1.16 bits per heavy atom. The number of aromatic nitrogens is 1. The van der Waals surface area contributed by atoms with Crippen molar-refractivity contribution in [1.29, 1.82) is 0 Å². The molecule has 1 fully saturated rings. The molecule has 0 saturated carbocycles. The van der Waals surface area contributed by atoms with Crippen molar-refractivity contribution in [2.45, 2.75) is 51.0 Å². The Hall–Kier alpha value is -2.89. The van der Waals surface area contributed by atoms with Crippen LogP contribution in [0.4, 0.5) is 0 Å². The molecule has 0 unspecified atom stereocenters. The van der Waals surface area contributed by atoms with Crippen LogP contribution in [0.3, 0.4) is 0 Å². The summed E-state index contributed by atoms with van der Waals surface area (Å²) in [5, 5.41) is 3.05. The van der Waals surface area contributed by atoms with Gasteiger partial charge in [0.05, 0.1) is 0 Å². The number of amides is 2. The molecule has 0 aliphatic carbocycles. The standard InChI is InChI=1S/C25H31N3O3/c1-18(2)17-27-23(29)15-20-16-25(31-22-6-4-3-5-21(20)22)9-13-28(14-10-25)24(30)19-7-11-26-12-8-19/h3-8,11-12,18,20H,9-10,13-17H2,1-2H3,(H,27,29)/t20-/m1/s1. The number of nitrogens with one attached hydrogen (secondary N) is 1. The molecule has 6 nitrogen and oxygen atoms in total. The van der Waals surface area contributed by atoms with Gasteiger partial charge in [-0.1, -0.05) is 32.0 Å². The van der Waals surface area contributed by atoms with Crippen LogP contribution in [-0.4, -0.2) is 46.9 Å². The van der Waals surface area contributed by atoms with Crippen molar-refractivity contribution < 1.29 is 14.3 Å². The van der Waals surface area contributed by atoms with Crippen LogP contribution in [0.25, 0.3) is 0 Å². The van der Waals surface area contributed by atoms with Gasteiger partial charge in [-0.25, -0.2) is 0 Å². The number of ether oxygens (including phenoxy) is 1. The summed E-state index contributed by atoms with van der Waals surface area (Å²) in [5.41, 5.74) is 1.45. The van der Waals surface area contributed by atoms with Crippen LogP contribution in [-0.2, 0) is 4.79 Å². The summed E-state index contributed by atoms with van der Waals surface area (Å²) in [5.74, 6) is 1.57. The number of fused-ring (bicyclic) bond motifs is 1. The summed E-state index contributed by atoms with van der Waals surface area (Å²) in [6, 6.07) is 11.6. The normalized spacial score (nSPS) is 19.6. The molecule has 2 amide bonds. The lowest BCUT2D eigenvalue weighted by Gasteiger charge is -2.47. The largest absolute Gasteiger partial charge is 0.487 e. The van der Waals surface area contributed by atoms with Gasteiger partial charge in [-0.2, -0.15) is 0 Å². The van der Waals surface area contributed by atoms with Crippen LogP contribution in [0, 0.1) is 5.92 Å². The van der Waals surface area contributed by atoms with Crippen molar-refractivity contribution in [3.05, 3.63) is 59.9 Å². The molecule has 1 saturated heterocycles. The third kappa shape index (κ3) is 4.89. The van der Waals surface area contributed by atoms with E-state index in [0.29, 0.717) is 37.5 Å². The first-order chi connectivity index (χ1) is 15.0. The zero-order valence-corrected chi connectivity index (χ0v) is 18.3. The molecule has 1 atom stereocenters. The molecule has 1 spiro atoms. The summed E-state index contributed by atoms with van der Waals surface area (Å²) in [7, 11) is 0. The average Bonchev–Trinajstić information content (AvgIpc) is 2.78. The summed E-state index contributed by atoms with van der Waals surface area (Å²) >= 11 is 0. The fraction of sp³-hybridized carbons (Fsp3) is 0.480. The summed E-state index contributed by atoms with van der Waals surface area (Å²) in [6.45, 7) is 6.19. The Morgan fingerprint density at radius 3 is 2.58 bits per heavy atom. The van der Waals surface area contributed by atoms with E-state index in [1.807, 2.05) is 23.1 Å². The number of para-hydroxylation sites is 1. The lowest BCUT2D eigenvalue weighted by Crippen LogP contribution is -2.52. The number of pyridine rings is 1. The van der Waals surface area contributed by atoms with Gasteiger partial charge in [-0.3, -0.25) is 14.6 Å². The Kier molecular flexibility index (Phi) is 6.25. The number of carbonyl (C=O) groups is 2. The minimum atomic E-state index is -0.327. The molecular weight excluding hydrogens is 390 g/mol. The van der Waals surface area contributed by atoms with Crippen molar-refractivity contribution in [3.63, 3.8) is 0 Å². The quantitative estimate of drug-likeness (QED) is 0.797. The zero-order valence-electron chi connectivity index (χ0n) is 18.3. The van der Waals surface area contributed by atoms with Gasteiger partial charge in [0.2, 0.25) is 5.91 Å². The van der Waals surface area contributed by atoms with Gasteiger partial charge in [0.15, 0.2) is 0 Å². The second kappa shape index (κ2) is 9.08. The van der Waals surface area contributed by atoms with Gasteiger partial charge >= 0.3 is 0 Å². The highest BCUT2D eigenvalue weighted by Gasteiger charge is 2.44. The van der Waals surface area contributed by atoms with Gasteiger partial charge in [0, 0.05) is 62.8 Å². The molecule has 3 heterocycles. The molecule has 0 bridgehead atoms. The molecule has 1 N–H and O–H groups in total. The predicted molar refractivity (Wildman–Crippen MR) is 119 cm³/mol. The van der Waals surface area contributed by atoms with Crippen molar-refractivity contribution in [2.75, 3.05) is 19.6 Å². The summed E-state index contributed by atoms with van der Waals surface area (Å²) in [4.78, 5) is 31.3. The molecule has 1 aromatic heterocycles. The predicted octanol–water partition coefficient (Wildman–Crippen LogP) is 3.79. The van der Waals surface area contributed by atoms with Crippen LogP contribution < -0.4 is 10.1 Å². The first-order valence-electron chi connectivity index (χ1n) is 11.2. The highest BCUT2D eigenvalue weighted by molar-refractivity contribution is 5.94. The molecule has 4 rings (SSSR count). The van der Waals surface area contributed by atoms with E-state index in [2.05, 4.69) is 30.2 Å². The SMILES string of the molecule is CC(C)CNC(=O)C[C@@H]1CC2(CCN(C(=O)c3ccncc3)CC2)Oc2ccccc21. The Bertz CT molecular complexity index is 921. The van der Waals surface area contributed by atoms with E-state index < -0.39 is 0 Å². The summed E-state index contributed by atoms with van der Waals surface area (Å²) in [6.07, 6.45) is 6.10. The number of rotatable bonds is 5. The Balaban J connectivity index is 1.46. The molecule has 164 valence electrons. The Labute approximate surface area is 184 Å². The minimum absolute atomic E-state index is 0.0399. The van der Waals surface area contributed by atoms with E-state index in [9.17, 15) is 9.59 Å². The smallest absolute Gasteiger partial charge is 0.253 e. The van der Waals surface area contributed by atoms with E-state index in [4.69, 9.17) is 4.74 Å².